The van der Waals surface area contributed by atoms with Crippen molar-refractivity contribution in [2.75, 3.05) is 24.6 Å². The van der Waals surface area contributed by atoms with Gasteiger partial charge in [0.25, 0.3) is 0 Å². The zero-order valence-electron chi connectivity index (χ0n) is 10.1. The molecule has 1 N–H and O–H groups in total. The molecule has 0 aliphatic carbocycles. The number of aliphatic hydroxyl groups is 1. The number of aromatic nitrogens is 2. The van der Waals surface area contributed by atoms with E-state index < -0.39 is 0 Å². The van der Waals surface area contributed by atoms with Crippen molar-refractivity contribution >= 4 is 5.82 Å². The lowest BCUT2D eigenvalue weighted by Crippen LogP contribution is -2.57. The van der Waals surface area contributed by atoms with Gasteiger partial charge in [-0.3, -0.25) is 0 Å². The molecule has 0 unspecified atom stereocenters. The Morgan fingerprint density at radius 3 is 2.50 bits per heavy atom. The normalized spacial score (nSPS) is 18.7. The topological polar surface area (TPSA) is 49.2 Å². The van der Waals surface area contributed by atoms with Crippen LogP contribution in [0.4, 0.5) is 5.82 Å². The summed E-state index contributed by atoms with van der Waals surface area (Å²) >= 11 is 0. The van der Waals surface area contributed by atoms with Crippen LogP contribution in [0.3, 0.4) is 0 Å². The molecule has 1 aliphatic rings. The molecular formula is C12H19N3O. The molecule has 1 aromatic heterocycles. The number of aliphatic hydroxyl groups excluding tert-OH is 1. The molecule has 0 aromatic carbocycles. The van der Waals surface area contributed by atoms with Gasteiger partial charge in [-0.25, -0.2) is 0 Å². The fourth-order valence-corrected chi connectivity index (χ4v) is 1.95. The first-order valence-electron chi connectivity index (χ1n) is 5.73. The van der Waals surface area contributed by atoms with Crippen LogP contribution in [0.1, 0.15) is 32.4 Å². The van der Waals surface area contributed by atoms with E-state index in [2.05, 4.69) is 35.9 Å². The van der Waals surface area contributed by atoms with Gasteiger partial charge in [-0.1, -0.05) is 20.8 Å². The molecule has 2 rings (SSSR count). The second-order valence-corrected chi connectivity index (χ2v) is 5.30. The average molecular weight is 221 g/mol. The van der Waals surface area contributed by atoms with Crippen molar-refractivity contribution in [2.24, 2.45) is 5.41 Å². The second kappa shape index (κ2) is 4.01. The highest BCUT2D eigenvalue weighted by Gasteiger charge is 2.38. The van der Waals surface area contributed by atoms with Crippen LogP contribution >= 0.6 is 0 Å². The summed E-state index contributed by atoms with van der Waals surface area (Å²) in [6.07, 6.45) is 0. The summed E-state index contributed by atoms with van der Waals surface area (Å²) in [5.41, 5.74) is 1.06. The third-order valence-electron chi connectivity index (χ3n) is 3.11. The number of rotatable bonds is 3. The summed E-state index contributed by atoms with van der Waals surface area (Å²) in [4.78, 5) is 2.15. The lowest BCUT2D eigenvalue weighted by atomic mass is 9.83. The van der Waals surface area contributed by atoms with Gasteiger partial charge in [0.15, 0.2) is 5.82 Å². The average Bonchev–Trinajstić information content (AvgIpc) is 2.25. The van der Waals surface area contributed by atoms with E-state index in [1.165, 1.54) is 0 Å². The fourth-order valence-electron chi connectivity index (χ4n) is 1.95. The molecule has 1 fully saturated rings. The number of nitrogens with zero attached hydrogens (tertiary/aromatic N) is 3. The van der Waals surface area contributed by atoms with Crippen molar-refractivity contribution < 1.29 is 5.11 Å². The molecule has 1 aliphatic heterocycles. The van der Waals surface area contributed by atoms with E-state index in [1.807, 2.05) is 12.1 Å². The van der Waals surface area contributed by atoms with Crippen molar-refractivity contribution in [2.45, 2.75) is 26.7 Å². The molecule has 4 nitrogen and oxygen atoms in total. The van der Waals surface area contributed by atoms with Gasteiger partial charge < -0.3 is 10.0 Å². The molecule has 1 aromatic rings. The molecule has 0 bridgehead atoms. The zero-order valence-corrected chi connectivity index (χ0v) is 10.1. The molecule has 0 saturated carbocycles. The Labute approximate surface area is 96.3 Å². The van der Waals surface area contributed by atoms with Crippen LogP contribution in [0, 0.1) is 5.41 Å². The lowest BCUT2D eigenvalue weighted by Gasteiger charge is -2.47. The van der Waals surface area contributed by atoms with Gasteiger partial charge in [-0.05, 0) is 18.1 Å². The Bertz CT molecular complexity index is 355. The third-order valence-corrected chi connectivity index (χ3v) is 3.11. The van der Waals surface area contributed by atoms with Gasteiger partial charge in [0.05, 0.1) is 12.3 Å². The van der Waals surface area contributed by atoms with Gasteiger partial charge in [0.1, 0.15) is 0 Å². The smallest absolute Gasteiger partial charge is 0.151 e. The van der Waals surface area contributed by atoms with E-state index >= 15 is 0 Å². The largest absolute Gasteiger partial charge is 0.396 e. The Balaban J connectivity index is 2.02. The van der Waals surface area contributed by atoms with Crippen molar-refractivity contribution in [3.63, 3.8) is 0 Å². The van der Waals surface area contributed by atoms with Gasteiger partial charge in [0.2, 0.25) is 0 Å². The Morgan fingerprint density at radius 1 is 1.38 bits per heavy atom. The van der Waals surface area contributed by atoms with E-state index in [9.17, 15) is 0 Å². The van der Waals surface area contributed by atoms with Crippen LogP contribution in [0.25, 0.3) is 0 Å². The van der Waals surface area contributed by atoms with Crippen molar-refractivity contribution in [1.29, 1.82) is 0 Å². The van der Waals surface area contributed by atoms with Gasteiger partial charge in [-0.15, -0.1) is 5.10 Å². The number of hydrogen-bond donors (Lipinski definition) is 1. The van der Waals surface area contributed by atoms with Crippen LogP contribution in [-0.2, 0) is 0 Å². The highest BCUT2D eigenvalue weighted by molar-refractivity contribution is 5.42. The van der Waals surface area contributed by atoms with Gasteiger partial charge >= 0.3 is 0 Å². The maximum absolute atomic E-state index is 9.16. The van der Waals surface area contributed by atoms with E-state index in [1.54, 1.807) is 0 Å². The predicted octanol–water partition coefficient (Wildman–Crippen LogP) is 1.42. The van der Waals surface area contributed by atoms with Crippen molar-refractivity contribution in [1.82, 2.24) is 10.2 Å². The van der Waals surface area contributed by atoms with Crippen LogP contribution in [0.15, 0.2) is 12.1 Å². The maximum atomic E-state index is 9.16. The van der Waals surface area contributed by atoms with Crippen LogP contribution in [-0.4, -0.2) is 35.0 Å². The summed E-state index contributed by atoms with van der Waals surface area (Å²) in [5, 5.41) is 17.6. The Morgan fingerprint density at radius 2 is 2.06 bits per heavy atom. The second-order valence-electron chi connectivity index (χ2n) is 5.30. The molecule has 0 radical (unpaired) electrons. The van der Waals surface area contributed by atoms with Crippen LogP contribution in [0.2, 0.25) is 0 Å². The predicted molar refractivity (Wildman–Crippen MR) is 63.5 cm³/mol. The summed E-state index contributed by atoms with van der Waals surface area (Å²) < 4.78 is 0. The number of anilines is 1. The Hall–Kier alpha value is -1.16. The summed E-state index contributed by atoms with van der Waals surface area (Å²) in [7, 11) is 0. The molecule has 2 heterocycles. The third kappa shape index (κ3) is 2.02. The maximum Gasteiger partial charge on any atom is 0.151 e. The molecule has 4 heteroatoms. The summed E-state index contributed by atoms with van der Waals surface area (Å²) in [6, 6.07) is 4.04. The van der Waals surface area contributed by atoms with Crippen molar-refractivity contribution in [3.8, 4) is 0 Å². The molecule has 88 valence electrons. The molecule has 0 amide bonds. The highest BCUT2D eigenvalue weighted by Crippen LogP contribution is 2.32. The molecular weight excluding hydrogens is 202 g/mol. The minimum Gasteiger partial charge on any atom is -0.396 e. The molecule has 0 atom stereocenters. The van der Waals surface area contributed by atoms with Gasteiger partial charge in [-0.2, -0.15) is 5.10 Å². The SMILES string of the molecule is CC(C)c1ccc(N2CC(C)(CO)C2)nn1. The zero-order chi connectivity index (χ0) is 11.8. The monoisotopic (exact) mass is 221 g/mol. The van der Waals surface area contributed by atoms with Crippen LogP contribution < -0.4 is 4.90 Å². The first-order valence-corrected chi connectivity index (χ1v) is 5.73. The molecule has 1 saturated heterocycles. The van der Waals surface area contributed by atoms with E-state index in [-0.39, 0.29) is 12.0 Å². The van der Waals surface area contributed by atoms with Crippen molar-refractivity contribution in [3.05, 3.63) is 17.8 Å². The highest BCUT2D eigenvalue weighted by atomic mass is 16.3. The summed E-state index contributed by atoms with van der Waals surface area (Å²) in [6.45, 7) is 8.26. The van der Waals surface area contributed by atoms with E-state index in [0.29, 0.717) is 5.92 Å². The quantitative estimate of drug-likeness (QED) is 0.838. The fraction of sp³-hybridized carbons (Fsp3) is 0.667. The number of hydrogen-bond acceptors (Lipinski definition) is 4. The molecule has 0 spiro atoms. The standard InChI is InChI=1S/C12H19N3O/c1-9(2)10-4-5-11(14-13-10)15-6-12(3,7-15)8-16/h4-5,9,16H,6-8H2,1-3H3. The first-order chi connectivity index (χ1) is 7.54. The first kappa shape index (κ1) is 11.3. The van der Waals surface area contributed by atoms with E-state index in [4.69, 9.17) is 5.11 Å². The lowest BCUT2D eigenvalue weighted by molar-refractivity contribution is 0.110. The molecule has 16 heavy (non-hydrogen) atoms. The van der Waals surface area contributed by atoms with Crippen LogP contribution in [0.5, 0.6) is 0 Å². The summed E-state index contributed by atoms with van der Waals surface area (Å²) in [5.74, 6) is 1.33. The van der Waals surface area contributed by atoms with Gasteiger partial charge in [0, 0.05) is 18.5 Å². The Kier molecular flexibility index (Phi) is 2.84. The minimum absolute atomic E-state index is 0.0401. The van der Waals surface area contributed by atoms with E-state index in [0.717, 1.165) is 24.6 Å². The minimum atomic E-state index is 0.0401.